The first-order valence-electron chi connectivity index (χ1n) is 11.2. The van der Waals surface area contributed by atoms with E-state index in [4.69, 9.17) is 11.6 Å². The van der Waals surface area contributed by atoms with Gasteiger partial charge in [0, 0.05) is 17.8 Å². The molecular formula is C26H20ClF3N6O. The number of amides is 1. The molecule has 0 aliphatic rings. The molecule has 0 spiro atoms. The van der Waals surface area contributed by atoms with Crippen LogP contribution in [0.25, 0.3) is 16.9 Å². The highest BCUT2D eigenvalue weighted by atomic mass is 35.5. The van der Waals surface area contributed by atoms with E-state index in [1.807, 2.05) is 50.2 Å². The van der Waals surface area contributed by atoms with Gasteiger partial charge in [0.05, 0.1) is 12.2 Å². The standard InChI is InChI=1S/C26H20ClF3N6O/c1-15-8-9-18(10-16(15)2)20-11-22(26(28,29)30)36-23(31-20)12-21(33-36)25(37)32-24-19(27)14-35(34-24)13-17-6-4-3-5-7-17/h3-12,14H,13H2,1-2H3,(H,32,34,37). The molecule has 1 N–H and O–H groups in total. The van der Waals surface area contributed by atoms with E-state index in [2.05, 4.69) is 20.5 Å². The zero-order chi connectivity index (χ0) is 26.3. The molecule has 5 rings (SSSR count). The molecule has 0 aliphatic heterocycles. The minimum absolute atomic E-state index is 0.0690. The lowest BCUT2D eigenvalue weighted by Crippen LogP contribution is -2.16. The van der Waals surface area contributed by atoms with E-state index in [1.54, 1.807) is 23.0 Å². The van der Waals surface area contributed by atoms with Crippen LogP contribution in [0.3, 0.4) is 0 Å². The molecule has 0 saturated carbocycles. The Bertz CT molecular complexity index is 1630. The van der Waals surface area contributed by atoms with Crippen molar-refractivity contribution in [3.05, 3.63) is 100.0 Å². The van der Waals surface area contributed by atoms with E-state index < -0.39 is 17.8 Å². The lowest BCUT2D eigenvalue weighted by atomic mass is 10.0. The normalized spacial score (nSPS) is 11.7. The van der Waals surface area contributed by atoms with Gasteiger partial charge < -0.3 is 5.32 Å². The van der Waals surface area contributed by atoms with Crippen molar-refractivity contribution in [2.45, 2.75) is 26.6 Å². The summed E-state index contributed by atoms with van der Waals surface area (Å²) in [4.78, 5) is 17.2. The van der Waals surface area contributed by atoms with Crippen LogP contribution in [-0.4, -0.2) is 30.3 Å². The van der Waals surface area contributed by atoms with Gasteiger partial charge in [0.15, 0.2) is 22.9 Å². The van der Waals surface area contributed by atoms with Crippen molar-refractivity contribution in [3.63, 3.8) is 0 Å². The molecule has 188 valence electrons. The predicted octanol–water partition coefficient (Wildman–Crippen LogP) is 6.18. The fraction of sp³-hybridized carbons (Fsp3) is 0.154. The highest BCUT2D eigenvalue weighted by molar-refractivity contribution is 6.33. The van der Waals surface area contributed by atoms with Gasteiger partial charge in [0.25, 0.3) is 5.91 Å². The number of nitrogens with zero attached hydrogens (tertiary/aromatic N) is 5. The molecule has 0 fully saturated rings. The molecule has 0 unspecified atom stereocenters. The minimum Gasteiger partial charge on any atom is -0.302 e. The molecule has 1 amide bonds. The average molecular weight is 525 g/mol. The molecule has 0 aliphatic carbocycles. The zero-order valence-corrected chi connectivity index (χ0v) is 20.5. The summed E-state index contributed by atoms with van der Waals surface area (Å²) in [5.41, 5.74) is 2.13. The van der Waals surface area contributed by atoms with Crippen LogP contribution in [0.15, 0.2) is 66.9 Å². The van der Waals surface area contributed by atoms with Gasteiger partial charge in [-0.1, -0.05) is 54.1 Å². The van der Waals surface area contributed by atoms with Crippen LogP contribution < -0.4 is 5.32 Å². The molecular weight excluding hydrogens is 505 g/mol. The van der Waals surface area contributed by atoms with E-state index in [1.165, 1.54) is 6.07 Å². The Hall–Kier alpha value is -4.18. The monoisotopic (exact) mass is 524 g/mol. The van der Waals surface area contributed by atoms with Gasteiger partial charge in [-0.2, -0.15) is 23.4 Å². The van der Waals surface area contributed by atoms with Crippen LogP contribution in [0, 0.1) is 13.8 Å². The van der Waals surface area contributed by atoms with Gasteiger partial charge in [-0.15, -0.1) is 0 Å². The van der Waals surface area contributed by atoms with E-state index in [9.17, 15) is 18.0 Å². The van der Waals surface area contributed by atoms with E-state index in [-0.39, 0.29) is 27.9 Å². The third-order valence-corrected chi connectivity index (χ3v) is 6.17. The summed E-state index contributed by atoms with van der Waals surface area (Å²) in [5.74, 6) is -0.697. The highest BCUT2D eigenvalue weighted by Gasteiger charge is 2.35. The van der Waals surface area contributed by atoms with Crippen LogP contribution in [0.1, 0.15) is 32.9 Å². The molecule has 3 aromatic heterocycles. The topological polar surface area (TPSA) is 77.1 Å². The molecule has 3 heterocycles. The van der Waals surface area contributed by atoms with E-state index in [0.29, 0.717) is 16.6 Å². The number of anilines is 1. The van der Waals surface area contributed by atoms with Gasteiger partial charge >= 0.3 is 6.18 Å². The van der Waals surface area contributed by atoms with E-state index >= 15 is 0 Å². The number of alkyl halides is 3. The van der Waals surface area contributed by atoms with Crippen LogP contribution in [0.2, 0.25) is 5.02 Å². The summed E-state index contributed by atoms with van der Waals surface area (Å²) in [6, 6.07) is 16.9. The largest absolute Gasteiger partial charge is 0.433 e. The summed E-state index contributed by atoms with van der Waals surface area (Å²) >= 11 is 6.23. The zero-order valence-electron chi connectivity index (χ0n) is 19.7. The average Bonchev–Trinajstić information content (AvgIpc) is 3.43. The minimum atomic E-state index is -4.73. The molecule has 0 saturated heterocycles. The molecule has 0 bridgehead atoms. The lowest BCUT2D eigenvalue weighted by molar-refractivity contribution is -0.142. The van der Waals surface area contributed by atoms with Crippen molar-refractivity contribution in [1.82, 2.24) is 24.4 Å². The van der Waals surface area contributed by atoms with Gasteiger partial charge in [0.2, 0.25) is 0 Å². The molecule has 0 radical (unpaired) electrons. The first kappa shape index (κ1) is 24.5. The van der Waals surface area contributed by atoms with Crippen LogP contribution in [-0.2, 0) is 12.7 Å². The molecule has 2 aromatic carbocycles. The van der Waals surface area contributed by atoms with Crippen molar-refractivity contribution in [3.8, 4) is 11.3 Å². The number of hydrogen-bond donors (Lipinski definition) is 1. The summed E-state index contributed by atoms with van der Waals surface area (Å²) in [6.45, 7) is 4.20. The van der Waals surface area contributed by atoms with Crippen LogP contribution in [0.5, 0.6) is 0 Å². The van der Waals surface area contributed by atoms with Gasteiger partial charge in [-0.05, 0) is 42.7 Å². The fourth-order valence-electron chi connectivity index (χ4n) is 3.84. The smallest absolute Gasteiger partial charge is 0.302 e. The summed E-state index contributed by atoms with van der Waals surface area (Å²) in [5, 5.41) is 10.9. The third kappa shape index (κ3) is 5.05. The maximum absolute atomic E-state index is 13.9. The number of rotatable bonds is 5. The van der Waals surface area contributed by atoms with Crippen molar-refractivity contribution < 1.29 is 18.0 Å². The second-order valence-electron chi connectivity index (χ2n) is 8.59. The summed E-state index contributed by atoms with van der Waals surface area (Å²) in [6.07, 6.45) is -3.18. The fourth-order valence-corrected chi connectivity index (χ4v) is 4.04. The number of aromatic nitrogens is 5. The Labute approximate surface area is 214 Å². The Kier molecular flexibility index (Phi) is 6.20. The van der Waals surface area contributed by atoms with Gasteiger partial charge in [-0.3, -0.25) is 9.48 Å². The van der Waals surface area contributed by atoms with Gasteiger partial charge in [-0.25, -0.2) is 9.50 Å². The Balaban J connectivity index is 1.47. The Morgan fingerprint density at radius 2 is 1.76 bits per heavy atom. The Morgan fingerprint density at radius 3 is 2.46 bits per heavy atom. The van der Waals surface area contributed by atoms with Crippen LogP contribution >= 0.6 is 11.6 Å². The maximum Gasteiger partial charge on any atom is 0.433 e. The molecule has 37 heavy (non-hydrogen) atoms. The Morgan fingerprint density at radius 1 is 1.00 bits per heavy atom. The molecule has 11 heteroatoms. The number of halogens is 4. The SMILES string of the molecule is Cc1ccc(-c2cc(C(F)(F)F)n3nc(C(=O)Nc4nn(Cc5ccccc5)cc4Cl)cc3n2)cc1C. The van der Waals surface area contributed by atoms with Crippen molar-refractivity contribution >= 4 is 29.0 Å². The predicted molar refractivity (Wildman–Crippen MR) is 134 cm³/mol. The summed E-state index contributed by atoms with van der Waals surface area (Å²) in [7, 11) is 0. The molecule has 5 aromatic rings. The van der Waals surface area contributed by atoms with Crippen molar-refractivity contribution in [2.24, 2.45) is 0 Å². The highest BCUT2D eigenvalue weighted by Crippen LogP contribution is 2.33. The van der Waals surface area contributed by atoms with Crippen LogP contribution in [0.4, 0.5) is 19.0 Å². The number of fused-ring (bicyclic) bond motifs is 1. The van der Waals surface area contributed by atoms with Gasteiger partial charge in [0.1, 0.15) is 5.02 Å². The van der Waals surface area contributed by atoms with Crippen molar-refractivity contribution in [2.75, 3.05) is 5.32 Å². The number of aryl methyl sites for hydroxylation is 2. The maximum atomic E-state index is 13.9. The first-order chi connectivity index (χ1) is 17.6. The number of nitrogens with one attached hydrogen (secondary N) is 1. The number of carbonyl (C=O) groups excluding carboxylic acids is 1. The summed E-state index contributed by atoms with van der Waals surface area (Å²) < 4.78 is 44.0. The second-order valence-corrected chi connectivity index (χ2v) is 8.99. The quantitative estimate of drug-likeness (QED) is 0.298. The lowest BCUT2D eigenvalue weighted by Gasteiger charge is -2.11. The third-order valence-electron chi connectivity index (χ3n) is 5.89. The van der Waals surface area contributed by atoms with E-state index in [0.717, 1.165) is 22.8 Å². The first-order valence-corrected chi connectivity index (χ1v) is 11.6. The number of carbonyl (C=O) groups is 1. The van der Waals surface area contributed by atoms with Crippen molar-refractivity contribution in [1.29, 1.82) is 0 Å². The number of benzene rings is 2. The molecule has 7 nitrogen and oxygen atoms in total. The molecule has 0 atom stereocenters. The second kappa shape index (κ2) is 9.36. The number of hydrogen-bond acceptors (Lipinski definition) is 4.